The number of amides is 3. The zero-order valence-corrected chi connectivity index (χ0v) is 12.6. The molecule has 1 aromatic rings. The van der Waals surface area contributed by atoms with Crippen molar-refractivity contribution in [1.82, 2.24) is 15.5 Å². The molecule has 0 aliphatic carbocycles. The van der Waals surface area contributed by atoms with Crippen LogP contribution in [0.2, 0.25) is 0 Å². The number of carbonyl (C=O) groups excluding carboxylic acids is 2. The van der Waals surface area contributed by atoms with Crippen LogP contribution in [0.4, 0.5) is 9.18 Å². The van der Waals surface area contributed by atoms with Crippen molar-refractivity contribution in [3.63, 3.8) is 0 Å². The molecular formula is C16H22FN3O2. The van der Waals surface area contributed by atoms with E-state index in [0.717, 1.165) is 25.9 Å². The minimum absolute atomic E-state index is 0.0872. The van der Waals surface area contributed by atoms with Gasteiger partial charge in [-0.1, -0.05) is 18.2 Å². The van der Waals surface area contributed by atoms with Gasteiger partial charge in [-0.15, -0.1) is 0 Å². The minimum Gasteiger partial charge on any atom is -0.343 e. The Labute approximate surface area is 129 Å². The molecule has 0 unspecified atom stereocenters. The molecule has 1 heterocycles. The zero-order chi connectivity index (χ0) is 15.8. The smallest absolute Gasteiger partial charge is 0.314 e. The van der Waals surface area contributed by atoms with Crippen LogP contribution in [0.25, 0.3) is 0 Å². The van der Waals surface area contributed by atoms with Crippen LogP contribution in [0.5, 0.6) is 0 Å². The van der Waals surface area contributed by atoms with E-state index in [-0.39, 0.29) is 17.8 Å². The number of likely N-dealkylation sites (tertiary alicyclic amines) is 1. The summed E-state index contributed by atoms with van der Waals surface area (Å²) in [6, 6.07) is 6.17. The third-order valence-electron chi connectivity index (χ3n) is 3.72. The molecule has 6 heteroatoms. The van der Waals surface area contributed by atoms with Crippen molar-refractivity contribution >= 4 is 11.9 Å². The van der Waals surface area contributed by atoms with Crippen LogP contribution in [0.15, 0.2) is 24.3 Å². The summed E-state index contributed by atoms with van der Waals surface area (Å²) in [6.45, 7) is 2.33. The van der Waals surface area contributed by atoms with Gasteiger partial charge in [-0.3, -0.25) is 4.79 Å². The highest BCUT2D eigenvalue weighted by molar-refractivity contribution is 5.78. The number of benzene rings is 1. The van der Waals surface area contributed by atoms with Gasteiger partial charge in [0.15, 0.2) is 0 Å². The van der Waals surface area contributed by atoms with Crippen LogP contribution in [0.3, 0.4) is 0 Å². The Morgan fingerprint density at radius 2 is 1.77 bits per heavy atom. The molecule has 1 aromatic carbocycles. The summed E-state index contributed by atoms with van der Waals surface area (Å²) < 4.78 is 13.4. The van der Waals surface area contributed by atoms with Gasteiger partial charge in [-0.05, 0) is 30.9 Å². The van der Waals surface area contributed by atoms with Gasteiger partial charge < -0.3 is 15.5 Å². The molecule has 0 radical (unpaired) electrons. The molecule has 0 spiro atoms. The number of hydrogen-bond acceptors (Lipinski definition) is 2. The van der Waals surface area contributed by atoms with Crippen molar-refractivity contribution in [3.05, 3.63) is 35.6 Å². The molecule has 22 heavy (non-hydrogen) atoms. The maximum Gasteiger partial charge on any atom is 0.314 e. The SMILES string of the molecule is O=C(NCCC(=O)N1CCCC1)NCCc1ccccc1F. The van der Waals surface area contributed by atoms with Crippen LogP contribution >= 0.6 is 0 Å². The molecule has 0 bridgehead atoms. The Hall–Kier alpha value is -2.11. The molecule has 2 rings (SSSR count). The van der Waals surface area contributed by atoms with Crippen LogP contribution in [0, 0.1) is 5.82 Å². The van der Waals surface area contributed by atoms with Crippen molar-refractivity contribution in [2.24, 2.45) is 0 Å². The van der Waals surface area contributed by atoms with Gasteiger partial charge in [-0.25, -0.2) is 9.18 Å². The quantitative estimate of drug-likeness (QED) is 0.840. The number of nitrogens with zero attached hydrogens (tertiary/aromatic N) is 1. The second kappa shape index (κ2) is 8.36. The van der Waals surface area contributed by atoms with Crippen LogP contribution < -0.4 is 10.6 Å². The lowest BCUT2D eigenvalue weighted by Crippen LogP contribution is -2.39. The highest BCUT2D eigenvalue weighted by Gasteiger charge is 2.17. The zero-order valence-electron chi connectivity index (χ0n) is 12.6. The van der Waals surface area contributed by atoms with Crippen molar-refractivity contribution in [1.29, 1.82) is 0 Å². The second-order valence-corrected chi connectivity index (χ2v) is 5.36. The number of hydrogen-bond donors (Lipinski definition) is 2. The third-order valence-corrected chi connectivity index (χ3v) is 3.72. The van der Waals surface area contributed by atoms with Gasteiger partial charge in [0.2, 0.25) is 5.91 Å². The summed E-state index contributed by atoms with van der Waals surface area (Å²) >= 11 is 0. The van der Waals surface area contributed by atoms with E-state index in [1.165, 1.54) is 6.07 Å². The number of rotatable bonds is 6. The monoisotopic (exact) mass is 307 g/mol. The van der Waals surface area contributed by atoms with Crippen molar-refractivity contribution in [3.8, 4) is 0 Å². The summed E-state index contributed by atoms with van der Waals surface area (Å²) in [5.74, 6) is -0.176. The summed E-state index contributed by atoms with van der Waals surface area (Å²) in [5, 5.41) is 5.31. The second-order valence-electron chi connectivity index (χ2n) is 5.36. The summed E-state index contributed by atoms with van der Waals surface area (Å²) in [6.07, 6.45) is 2.89. The minimum atomic E-state index is -0.328. The van der Waals surface area contributed by atoms with E-state index in [0.29, 0.717) is 31.5 Å². The van der Waals surface area contributed by atoms with Crippen molar-refractivity contribution in [2.45, 2.75) is 25.7 Å². The summed E-state index contributed by atoms with van der Waals surface area (Å²) in [7, 11) is 0. The van der Waals surface area contributed by atoms with Crippen molar-refractivity contribution in [2.75, 3.05) is 26.2 Å². The van der Waals surface area contributed by atoms with Gasteiger partial charge in [0.25, 0.3) is 0 Å². The molecule has 1 saturated heterocycles. The van der Waals surface area contributed by atoms with Crippen LogP contribution in [0.1, 0.15) is 24.8 Å². The van der Waals surface area contributed by atoms with E-state index in [9.17, 15) is 14.0 Å². The molecule has 120 valence electrons. The number of urea groups is 1. The molecule has 0 atom stereocenters. The van der Waals surface area contributed by atoms with Crippen LogP contribution in [-0.4, -0.2) is 43.0 Å². The van der Waals surface area contributed by atoms with Gasteiger partial charge in [-0.2, -0.15) is 0 Å². The first-order chi connectivity index (χ1) is 10.7. The Kier molecular flexibility index (Phi) is 6.18. The average molecular weight is 307 g/mol. The maximum absolute atomic E-state index is 13.4. The van der Waals surface area contributed by atoms with E-state index in [2.05, 4.69) is 10.6 Å². The van der Waals surface area contributed by atoms with Gasteiger partial charge in [0.05, 0.1) is 0 Å². The fourth-order valence-corrected chi connectivity index (χ4v) is 2.48. The highest BCUT2D eigenvalue weighted by atomic mass is 19.1. The van der Waals surface area contributed by atoms with Gasteiger partial charge in [0, 0.05) is 32.6 Å². The molecule has 2 N–H and O–H groups in total. The number of carbonyl (C=O) groups is 2. The standard InChI is InChI=1S/C16H22FN3O2/c17-14-6-2-1-5-13(14)7-9-18-16(22)19-10-8-15(21)20-11-3-4-12-20/h1-2,5-6H,3-4,7-12H2,(H2,18,19,22). The molecule has 1 aliphatic rings. The lowest BCUT2D eigenvalue weighted by Gasteiger charge is -2.15. The highest BCUT2D eigenvalue weighted by Crippen LogP contribution is 2.08. The lowest BCUT2D eigenvalue weighted by atomic mass is 10.1. The fourth-order valence-electron chi connectivity index (χ4n) is 2.48. The molecule has 1 fully saturated rings. The van der Waals surface area contributed by atoms with E-state index in [1.807, 2.05) is 4.90 Å². The molecule has 5 nitrogen and oxygen atoms in total. The Bertz CT molecular complexity index is 516. The Morgan fingerprint density at radius 1 is 1.09 bits per heavy atom. The molecule has 0 aromatic heterocycles. The van der Waals surface area contributed by atoms with E-state index >= 15 is 0 Å². The third kappa shape index (κ3) is 5.02. The van der Waals surface area contributed by atoms with Crippen LogP contribution in [-0.2, 0) is 11.2 Å². The van der Waals surface area contributed by atoms with E-state index < -0.39 is 0 Å². The maximum atomic E-state index is 13.4. The fraction of sp³-hybridized carbons (Fsp3) is 0.500. The lowest BCUT2D eigenvalue weighted by molar-refractivity contribution is -0.129. The predicted octanol–water partition coefficient (Wildman–Crippen LogP) is 1.68. The predicted molar refractivity (Wildman–Crippen MR) is 81.9 cm³/mol. The van der Waals surface area contributed by atoms with Gasteiger partial charge in [0.1, 0.15) is 5.82 Å². The molecule has 1 aliphatic heterocycles. The van der Waals surface area contributed by atoms with Crippen molar-refractivity contribution < 1.29 is 14.0 Å². The first-order valence-electron chi connectivity index (χ1n) is 7.69. The molecular weight excluding hydrogens is 285 g/mol. The first kappa shape index (κ1) is 16.3. The first-order valence-corrected chi connectivity index (χ1v) is 7.69. The van der Waals surface area contributed by atoms with E-state index in [1.54, 1.807) is 18.2 Å². The Morgan fingerprint density at radius 3 is 2.50 bits per heavy atom. The number of halogens is 1. The Balaban J connectivity index is 1.58. The van der Waals surface area contributed by atoms with E-state index in [4.69, 9.17) is 0 Å². The topological polar surface area (TPSA) is 61.4 Å². The average Bonchev–Trinajstić information content (AvgIpc) is 3.03. The normalized spacial score (nSPS) is 14.0. The largest absolute Gasteiger partial charge is 0.343 e. The van der Waals surface area contributed by atoms with Gasteiger partial charge >= 0.3 is 6.03 Å². The molecule has 0 saturated carbocycles. The summed E-state index contributed by atoms with van der Waals surface area (Å²) in [4.78, 5) is 25.2. The molecule has 3 amide bonds. The summed E-state index contributed by atoms with van der Waals surface area (Å²) in [5.41, 5.74) is 0.576. The number of nitrogens with one attached hydrogen (secondary N) is 2.